The lowest BCUT2D eigenvalue weighted by Crippen LogP contribution is -2.14. The Morgan fingerprint density at radius 2 is 1.47 bits per heavy atom. The van der Waals surface area contributed by atoms with Gasteiger partial charge in [0.1, 0.15) is 13.2 Å². The molecule has 108 valence electrons. The summed E-state index contributed by atoms with van der Waals surface area (Å²) in [6.45, 7) is 5.51. The Morgan fingerprint density at radius 3 is 2.00 bits per heavy atom. The van der Waals surface area contributed by atoms with Crippen molar-refractivity contribution < 1.29 is 28.6 Å². The molecule has 0 N–H and O–H groups in total. The Kier molecular flexibility index (Phi) is 10.2. The maximum atomic E-state index is 11.2. The zero-order chi connectivity index (χ0) is 14.5. The quantitative estimate of drug-likeness (QED) is 0.259. The molecule has 0 rings (SSSR count). The molecule has 0 aromatic rings. The molecule has 0 bridgehead atoms. The molecule has 19 heavy (non-hydrogen) atoms. The molecule has 0 unspecified atom stereocenters. The van der Waals surface area contributed by atoms with Gasteiger partial charge in [-0.2, -0.15) is 0 Å². The molecule has 0 saturated carbocycles. The van der Waals surface area contributed by atoms with Crippen LogP contribution in [0, 0.1) is 0 Å². The molecular formula is C13H20O6. The second-order valence-corrected chi connectivity index (χ2v) is 3.67. The van der Waals surface area contributed by atoms with Crippen molar-refractivity contribution in [3.8, 4) is 0 Å². The normalized spacial score (nSPS) is 9.53. The summed E-state index contributed by atoms with van der Waals surface area (Å²) in [7, 11) is 0. The average Bonchev–Trinajstić information content (AvgIpc) is 2.38. The molecule has 6 nitrogen and oxygen atoms in total. The van der Waals surface area contributed by atoms with E-state index < -0.39 is 11.9 Å². The maximum Gasteiger partial charge on any atom is 0.330 e. The fraction of sp³-hybridized carbons (Fsp3) is 0.615. The predicted octanol–water partition coefficient (Wildman–Crippen LogP) is 1.38. The van der Waals surface area contributed by atoms with Crippen LogP contribution < -0.4 is 0 Å². The number of unbranched alkanes of at least 4 members (excludes halogenated alkanes) is 1. The van der Waals surface area contributed by atoms with Crippen molar-refractivity contribution in [2.24, 2.45) is 0 Å². The van der Waals surface area contributed by atoms with E-state index in [0.717, 1.165) is 18.9 Å². The lowest BCUT2D eigenvalue weighted by Gasteiger charge is -2.05. The highest BCUT2D eigenvalue weighted by Crippen LogP contribution is 1.95. The summed E-state index contributed by atoms with van der Waals surface area (Å²) < 4.78 is 14.3. The van der Waals surface area contributed by atoms with Crippen LogP contribution in [-0.2, 0) is 28.6 Å². The predicted molar refractivity (Wildman–Crippen MR) is 67.2 cm³/mol. The number of hydrogen-bond donors (Lipinski definition) is 0. The highest BCUT2D eigenvalue weighted by atomic mass is 16.6. The van der Waals surface area contributed by atoms with Gasteiger partial charge in [-0.05, 0) is 6.42 Å². The van der Waals surface area contributed by atoms with Crippen LogP contribution in [0.15, 0.2) is 12.7 Å². The van der Waals surface area contributed by atoms with Gasteiger partial charge in [-0.25, -0.2) is 4.79 Å². The van der Waals surface area contributed by atoms with Crippen molar-refractivity contribution in [3.05, 3.63) is 12.7 Å². The van der Waals surface area contributed by atoms with Crippen LogP contribution >= 0.6 is 0 Å². The van der Waals surface area contributed by atoms with Crippen molar-refractivity contribution in [2.45, 2.75) is 32.6 Å². The first-order valence-corrected chi connectivity index (χ1v) is 6.20. The van der Waals surface area contributed by atoms with E-state index in [1.54, 1.807) is 0 Å². The summed E-state index contributed by atoms with van der Waals surface area (Å²) in [5, 5.41) is 0. The molecule has 0 radical (unpaired) electrons. The number of hydrogen-bond acceptors (Lipinski definition) is 6. The van der Waals surface area contributed by atoms with E-state index in [1.165, 1.54) is 0 Å². The maximum absolute atomic E-state index is 11.2. The summed E-state index contributed by atoms with van der Waals surface area (Å²) in [5.41, 5.74) is 0. The molecule has 0 fully saturated rings. The molecule has 0 spiro atoms. The Morgan fingerprint density at radius 1 is 0.947 bits per heavy atom. The second-order valence-electron chi connectivity index (χ2n) is 3.67. The van der Waals surface area contributed by atoms with Gasteiger partial charge in [0.15, 0.2) is 0 Å². The average molecular weight is 272 g/mol. The number of carbonyl (C=O) groups excluding carboxylic acids is 3. The van der Waals surface area contributed by atoms with Crippen molar-refractivity contribution in [1.29, 1.82) is 0 Å². The van der Waals surface area contributed by atoms with Crippen LogP contribution in [0.1, 0.15) is 32.6 Å². The van der Waals surface area contributed by atoms with Gasteiger partial charge < -0.3 is 14.2 Å². The molecule has 0 aromatic heterocycles. The fourth-order valence-corrected chi connectivity index (χ4v) is 1.02. The number of rotatable bonds is 10. The smallest absolute Gasteiger partial charge is 0.330 e. The monoisotopic (exact) mass is 272 g/mol. The van der Waals surface area contributed by atoms with Gasteiger partial charge in [-0.1, -0.05) is 19.9 Å². The first-order valence-electron chi connectivity index (χ1n) is 6.20. The van der Waals surface area contributed by atoms with Crippen LogP contribution in [-0.4, -0.2) is 37.7 Å². The SMILES string of the molecule is C=CC(=O)OCCC(=O)OCCC(=O)OCCCC. The first kappa shape index (κ1) is 17.2. The minimum absolute atomic E-state index is 0.0286. The summed E-state index contributed by atoms with van der Waals surface area (Å²) in [6, 6.07) is 0. The highest BCUT2D eigenvalue weighted by Gasteiger charge is 2.07. The minimum Gasteiger partial charge on any atom is -0.466 e. The van der Waals surface area contributed by atoms with Gasteiger partial charge in [-0.3, -0.25) is 9.59 Å². The number of carbonyl (C=O) groups is 3. The van der Waals surface area contributed by atoms with Gasteiger partial charge in [0.2, 0.25) is 0 Å². The van der Waals surface area contributed by atoms with Gasteiger partial charge in [0.25, 0.3) is 0 Å². The summed E-state index contributed by atoms with van der Waals surface area (Å²) in [5.74, 6) is -1.51. The van der Waals surface area contributed by atoms with E-state index in [0.29, 0.717) is 6.61 Å². The highest BCUT2D eigenvalue weighted by molar-refractivity contribution is 5.81. The third-order valence-corrected chi connectivity index (χ3v) is 2.05. The van der Waals surface area contributed by atoms with E-state index in [9.17, 15) is 14.4 Å². The first-order chi connectivity index (χ1) is 9.10. The van der Waals surface area contributed by atoms with Crippen LogP contribution in [0.3, 0.4) is 0 Å². The molecule has 0 heterocycles. The van der Waals surface area contributed by atoms with Crippen molar-refractivity contribution in [3.63, 3.8) is 0 Å². The third kappa shape index (κ3) is 11.0. The largest absolute Gasteiger partial charge is 0.466 e. The number of ether oxygens (including phenoxy) is 3. The molecule has 0 aliphatic heterocycles. The molecule has 0 atom stereocenters. The fourth-order valence-electron chi connectivity index (χ4n) is 1.02. The van der Waals surface area contributed by atoms with E-state index >= 15 is 0 Å². The third-order valence-electron chi connectivity index (χ3n) is 2.05. The molecule has 0 aliphatic carbocycles. The molecule has 0 saturated heterocycles. The Labute approximate surface area is 112 Å². The molecule has 0 aromatic carbocycles. The summed E-state index contributed by atoms with van der Waals surface area (Å²) >= 11 is 0. The topological polar surface area (TPSA) is 78.9 Å². The van der Waals surface area contributed by atoms with Crippen LogP contribution in [0.5, 0.6) is 0 Å². The van der Waals surface area contributed by atoms with E-state index in [-0.39, 0.29) is 32.0 Å². The van der Waals surface area contributed by atoms with Crippen LogP contribution in [0.2, 0.25) is 0 Å². The van der Waals surface area contributed by atoms with Crippen LogP contribution in [0.4, 0.5) is 0 Å². The molecular weight excluding hydrogens is 252 g/mol. The van der Waals surface area contributed by atoms with Gasteiger partial charge in [0, 0.05) is 6.08 Å². The van der Waals surface area contributed by atoms with Gasteiger partial charge >= 0.3 is 17.9 Å². The van der Waals surface area contributed by atoms with E-state index in [4.69, 9.17) is 9.47 Å². The Balaban J connectivity index is 3.49. The zero-order valence-electron chi connectivity index (χ0n) is 11.2. The van der Waals surface area contributed by atoms with E-state index in [1.807, 2.05) is 6.92 Å². The van der Waals surface area contributed by atoms with E-state index in [2.05, 4.69) is 11.3 Å². The lowest BCUT2D eigenvalue weighted by molar-refractivity contribution is -0.150. The van der Waals surface area contributed by atoms with Crippen molar-refractivity contribution in [1.82, 2.24) is 0 Å². The lowest BCUT2D eigenvalue weighted by atomic mass is 10.4. The summed E-state index contributed by atoms with van der Waals surface area (Å²) in [6.07, 6.45) is 2.76. The molecule has 0 aliphatic rings. The standard InChI is InChI=1S/C13H20O6/c1-3-5-8-17-12(15)7-10-19-13(16)6-9-18-11(14)4-2/h4H,2-3,5-10H2,1H3. The second kappa shape index (κ2) is 11.3. The van der Waals surface area contributed by atoms with Crippen molar-refractivity contribution in [2.75, 3.05) is 19.8 Å². The van der Waals surface area contributed by atoms with Crippen LogP contribution in [0.25, 0.3) is 0 Å². The molecule has 6 heteroatoms. The Hall–Kier alpha value is -1.85. The molecule has 0 amide bonds. The zero-order valence-corrected chi connectivity index (χ0v) is 11.2. The van der Waals surface area contributed by atoms with Gasteiger partial charge in [-0.15, -0.1) is 0 Å². The van der Waals surface area contributed by atoms with Crippen molar-refractivity contribution >= 4 is 17.9 Å². The summed E-state index contributed by atoms with van der Waals surface area (Å²) in [4.78, 5) is 33.0. The minimum atomic E-state index is -0.590. The Bertz CT molecular complexity index is 310. The number of esters is 3. The van der Waals surface area contributed by atoms with Gasteiger partial charge in [0.05, 0.1) is 19.4 Å².